The lowest BCUT2D eigenvalue weighted by molar-refractivity contribution is 0.676. The molecule has 2 rings (SSSR count). The summed E-state index contributed by atoms with van der Waals surface area (Å²) in [7, 11) is 1.97. The monoisotopic (exact) mass is 226 g/mol. The summed E-state index contributed by atoms with van der Waals surface area (Å²) >= 11 is 0. The highest BCUT2D eigenvalue weighted by molar-refractivity contribution is 5.80. The van der Waals surface area contributed by atoms with Crippen LogP contribution in [0.3, 0.4) is 0 Å². The number of aromatic nitrogens is 1. The predicted molar refractivity (Wildman–Crippen MR) is 72.8 cm³/mol. The molecule has 0 bridgehead atoms. The summed E-state index contributed by atoms with van der Waals surface area (Å²) in [6, 6.07) is 8.76. The Bertz CT molecular complexity index is 531. The lowest BCUT2D eigenvalue weighted by Crippen LogP contribution is -2.05. The Morgan fingerprint density at radius 3 is 3.00 bits per heavy atom. The summed E-state index contributed by atoms with van der Waals surface area (Å²) in [5.41, 5.74) is 2.62. The van der Waals surface area contributed by atoms with Gasteiger partial charge in [-0.3, -0.25) is 0 Å². The van der Waals surface area contributed by atoms with Gasteiger partial charge >= 0.3 is 0 Å². The molecule has 2 nitrogen and oxygen atoms in total. The molecule has 0 amide bonds. The van der Waals surface area contributed by atoms with Crippen LogP contribution >= 0.6 is 0 Å². The zero-order valence-electron chi connectivity index (χ0n) is 10.2. The van der Waals surface area contributed by atoms with Crippen LogP contribution in [0.4, 0.5) is 0 Å². The fourth-order valence-electron chi connectivity index (χ4n) is 2.09. The van der Waals surface area contributed by atoms with Crippen molar-refractivity contribution >= 4 is 10.9 Å². The molecule has 0 atom stereocenters. The topological polar surface area (TPSA) is 17.0 Å². The van der Waals surface area contributed by atoms with E-state index in [0.29, 0.717) is 0 Å². The summed E-state index contributed by atoms with van der Waals surface area (Å²) in [5, 5.41) is 4.47. The van der Waals surface area contributed by atoms with Crippen molar-refractivity contribution in [3.63, 3.8) is 0 Å². The van der Waals surface area contributed by atoms with Gasteiger partial charge in [-0.25, -0.2) is 0 Å². The van der Waals surface area contributed by atoms with Crippen LogP contribution in [0.1, 0.15) is 18.4 Å². The minimum atomic E-state index is 0.843. The number of terminal acetylenes is 1. The Kier molecular flexibility index (Phi) is 3.85. The zero-order valence-corrected chi connectivity index (χ0v) is 10.2. The van der Waals surface area contributed by atoms with Crippen LogP contribution in [0.15, 0.2) is 30.5 Å². The van der Waals surface area contributed by atoms with Gasteiger partial charge in [0.15, 0.2) is 0 Å². The molecular weight excluding hydrogens is 208 g/mol. The summed E-state index contributed by atoms with van der Waals surface area (Å²) in [6.45, 7) is 1.90. The molecule has 0 unspecified atom stereocenters. The first-order chi connectivity index (χ1) is 8.35. The van der Waals surface area contributed by atoms with E-state index in [4.69, 9.17) is 6.42 Å². The van der Waals surface area contributed by atoms with E-state index in [-0.39, 0.29) is 0 Å². The first kappa shape index (κ1) is 11.8. The maximum atomic E-state index is 5.28. The van der Waals surface area contributed by atoms with Crippen molar-refractivity contribution in [3.8, 4) is 12.3 Å². The van der Waals surface area contributed by atoms with Crippen molar-refractivity contribution in [2.45, 2.75) is 25.9 Å². The van der Waals surface area contributed by atoms with Gasteiger partial charge in [-0.1, -0.05) is 12.1 Å². The smallest absolute Gasteiger partial charge is 0.0483 e. The van der Waals surface area contributed by atoms with Crippen LogP contribution in [0.25, 0.3) is 10.9 Å². The van der Waals surface area contributed by atoms with Gasteiger partial charge < -0.3 is 9.88 Å². The molecular formula is C15H18N2. The average molecular weight is 226 g/mol. The van der Waals surface area contributed by atoms with Crippen LogP contribution in [0, 0.1) is 12.3 Å². The molecule has 17 heavy (non-hydrogen) atoms. The highest BCUT2D eigenvalue weighted by Gasteiger charge is 2.01. The molecule has 88 valence electrons. The van der Waals surface area contributed by atoms with E-state index in [1.54, 1.807) is 0 Å². The summed E-state index contributed by atoms with van der Waals surface area (Å²) in [6.07, 6.45) is 9.30. The minimum Gasteiger partial charge on any atom is -0.347 e. The van der Waals surface area contributed by atoms with Gasteiger partial charge in [-0.05, 0) is 36.6 Å². The molecule has 1 N–H and O–H groups in total. The number of rotatable bonds is 5. The lowest BCUT2D eigenvalue weighted by Gasteiger charge is -2.06. The fourth-order valence-corrected chi connectivity index (χ4v) is 2.09. The van der Waals surface area contributed by atoms with Gasteiger partial charge in [0, 0.05) is 31.2 Å². The van der Waals surface area contributed by atoms with Gasteiger partial charge in [0.25, 0.3) is 0 Å². The number of nitrogens with zero attached hydrogens (tertiary/aromatic N) is 1. The van der Waals surface area contributed by atoms with Crippen LogP contribution in [0.5, 0.6) is 0 Å². The van der Waals surface area contributed by atoms with Gasteiger partial charge in [-0.2, -0.15) is 0 Å². The van der Waals surface area contributed by atoms with E-state index in [1.807, 2.05) is 7.05 Å². The molecule has 2 aromatic rings. The molecule has 1 aromatic carbocycles. The van der Waals surface area contributed by atoms with E-state index in [9.17, 15) is 0 Å². The Morgan fingerprint density at radius 1 is 1.35 bits per heavy atom. The van der Waals surface area contributed by atoms with Crippen LogP contribution < -0.4 is 5.32 Å². The standard InChI is InChI=1S/C15H18N2/c1-3-4-5-9-17-10-8-14-7-6-13(12-16-2)11-15(14)17/h1,6-8,10-11,16H,4-5,9,12H2,2H3. The first-order valence-electron chi connectivity index (χ1n) is 6.01. The van der Waals surface area contributed by atoms with E-state index >= 15 is 0 Å². The maximum absolute atomic E-state index is 5.28. The molecule has 0 saturated heterocycles. The quantitative estimate of drug-likeness (QED) is 0.613. The van der Waals surface area contributed by atoms with Crippen molar-refractivity contribution in [1.29, 1.82) is 0 Å². The Morgan fingerprint density at radius 2 is 2.24 bits per heavy atom. The molecule has 0 fully saturated rings. The van der Waals surface area contributed by atoms with E-state index in [1.165, 1.54) is 16.5 Å². The highest BCUT2D eigenvalue weighted by atomic mass is 14.9. The number of hydrogen-bond acceptors (Lipinski definition) is 1. The normalized spacial score (nSPS) is 10.6. The second-order valence-corrected chi connectivity index (χ2v) is 4.24. The maximum Gasteiger partial charge on any atom is 0.0483 e. The van der Waals surface area contributed by atoms with Crippen molar-refractivity contribution in [2.24, 2.45) is 0 Å². The highest BCUT2D eigenvalue weighted by Crippen LogP contribution is 2.18. The Balaban J connectivity index is 2.24. The molecule has 2 heteroatoms. The average Bonchev–Trinajstić information content (AvgIpc) is 2.73. The molecule has 0 radical (unpaired) electrons. The SMILES string of the molecule is C#CCCCn1ccc2ccc(CNC)cc21. The number of aryl methyl sites for hydroxylation is 1. The third-order valence-electron chi connectivity index (χ3n) is 2.94. The lowest BCUT2D eigenvalue weighted by atomic mass is 10.1. The summed E-state index contributed by atoms with van der Waals surface area (Å²) in [5.74, 6) is 2.69. The Labute approximate surface area is 103 Å². The second kappa shape index (κ2) is 5.56. The number of fused-ring (bicyclic) bond motifs is 1. The summed E-state index contributed by atoms with van der Waals surface area (Å²) < 4.78 is 2.28. The second-order valence-electron chi connectivity index (χ2n) is 4.24. The number of unbranched alkanes of at least 4 members (excludes halogenated alkanes) is 1. The molecule has 1 heterocycles. The van der Waals surface area contributed by atoms with Gasteiger partial charge in [-0.15, -0.1) is 12.3 Å². The third kappa shape index (κ3) is 2.69. The minimum absolute atomic E-state index is 0.843. The summed E-state index contributed by atoms with van der Waals surface area (Å²) in [4.78, 5) is 0. The molecule has 1 aromatic heterocycles. The largest absolute Gasteiger partial charge is 0.347 e. The van der Waals surface area contributed by atoms with Crippen molar-refractivity contribution in [1.82, 2.24) is 9.88 Å². The predicted octanol–water partition coefficient (Wildman–Crippen LogP) is 2.77. The molecule has 0 saturated carbocycles. The molecule has 0 spiro atoms. The number of hydrogen-bond donors (Lipinski definition) is 1. The third-order valence-corrected chi connectivity index (χ3v) is 2.94. The van der Waals surface area contributed by atoms with Crippen molar-refractivity contribution < 1.29 is 0 Å². The van der Waals surface area contributed by atoms with E-state index in [2.05, 4.69) is 46.3 Å². The van der Waals surface area contributed by atoms with Gasteiger partial charge in [0.2, 0.25) is 0 Å². The fraction of sp³-hybridized carbons (Fsp3) is 0.333. The zero-order chi connectivity index (χ0) is 12.1. The number of benzene rings is 1. The Hall–Kier alpha value is -1.72. The van der Waals surface area contributed by atoms with Crippen LogP contribution in [-0.2, 0) is 13.1 Å². The number of nitrogens with one attached hydrogen (secondary N) is 1. The van der Waals surface area contributed by atoms with Crippen LogP contribution in [0.2, 0.25) is 0 Å². The van der Waals surface area contributed by atoms with E-state index < -0.39 is 0 Å². The molecule has 0 aliphatic carbocycles. The van der Waals surface area contributed by atoms with Crippen LogP contribution in [-0.4, -0.2) is 11.6 Å². The molecule has 0 aliphatic heterocycles. The molecule has 0 aliphatic rings. The van der Waals surface area contributed by atoms with Crippen molar-refractivity contribution in [2.75, 3.05) is 7.05 Å². The van der Waals surface area contributed by atoms with Gasteiger partial charge in [0.05, 0.1) is 0 Å². The van der Waals surface area contributed by atoms with Crippen molar-refractivity contribution in [3.05, 3.63) is 36.0 Å². The van der Waals surface area contributed by atoms with E-state index in [0.717, 1.165) is 25.9 Å². The first-order valence-corrected chi connectivity index (χ1v) is 6.01. The van der Waals surface area contributed by atoms with Gasteiger partial charge in [0.1, 0.15) is 0 Å².